The van der Waals surface area contributed by atoms with Crippen LogP contribution in [-0.2, 0) is 29.4 Å². The lowest BCUT2D eigenvalue weighted by Crippen LogP contribution is -2.04. The van der Waals surface area contributed by atoms with Crippen LogP contribution < -0.4 is 10.6 Å². The molecule has 0 bridgehead atoms. The van der Waals surface area contributed by atoms with Gasteiger partial charge in [0.15, 0.2) is 11.5 Å². The Balaban J connectivity index is 2.06. The fraction of sp³-hybridized carbons (Fsp3) is 0. The summed E-state index contributed by atoms with van der Waals surface area (Å²) in [7, 11) is -20.6. The molecule has 0 saturated heterocycles. The highest BCUT2D eigenvalue weighted by molar-refractivity contribution is 7.86. The van der Waals surface area contributed by atoms with Gasteiger partial charge in [0.05, 0.1) is 16.0 Å². The molecule has 0 spiro atoms. The summed E-state index contributed by atoms with van der Waals surface area (Å²) < 4.78 is 92.2. The van der Waals surface area contributed by atoms with Gasteiger partial charge >= 0.3 is 15.2 Å². The van der Waals surface area contributed by atoms with Crippen LogP contribution in [0.25, 0.3) is 10.8 Å². The van der Waals surface area contributed by atoms with Crippen molar-refractivity contribution in [2.75, 3.05) is 0 Å². The second-order valence-electron chi connectivity index (χ2n) is 8.80. The van der Waals surface area contributed by atoms with Crippen LogP contribution in [0.15, 0.2) is 84.8 Å². The molecule has 4 aromatic carbocycles. The standard InChI is InChI=1S/C22H17ClN4O14P2S2/c23-11-5-6-13(15(9-11)43(33,34)35)25-27-20-17(45(39,40)41)8-10-7-16(44(36,37)38)19(21(28)18(10)22(20)29)26-24-12-3-1-2-4-14(12)42(30,31)32/h1-9,28-29H,(H2,30,31,32)(H2,33,34,35)(H,36,37,38)(H,39,40,41). The van der Waals surface area contributed by atoms with Gasteiger partial charge in [-0.1, -0.05) is 23.7 Å². The summed E-state index contributed by atoms with van der Waals surface area (Å²) in [5.74, 6) is -2.57. The molecule has 0 fully saturated rings. The summed E-state index contributed by atoms with van der Waals surface area (Å²) in [5, 5.41) is 33.2. The van der Waals surface area contributed by atoms with Crippen LogP contribution in [0.5, 0.6) is 11.5 Å². The van der Waals surface area contributed by atoms with E-state index in [1.165, 1.54) is 12.1 Å². The number of rotatable bonds is 8. The molecule has 4 rings (SSSR count). The van der Waals surface area contributed by atoms with Crippen LogP contribution in [0.3, 0.4) is 0 Å². The van der Waals surface area contributed by atoms with Crippen LogP contribution in [0.1, 0.15) is 0 Å². The van der Waals surface area contributed by atoms with Crippen LogP contribution >= 0.6 is 26.8 Å². The first-order valence-electron chi connectivity index (χ1n) is 11.5. The van der Waals surface area contributed by atoms with Gasteiger partial charge in [-0.15, -0.1) is 20.5 Å². The van der Waals surface area contributed by atoms with Crippen molar-refractivity contribution in [2.45, 2.75) is 9.79 Å². The van der Waals surface area contributed by atoms with Gasteiger partial charge < -0.3 is 29.8 Å². The van der Waals surface area contributed by atoms with Crippen molar-refractivity contribution in [1.82, 2.24) is 0 Å². The number of benzene rings is 4. The first-order valence-corrected chi connectivity index (χ1v) is 17.9. The molecule has 23 heteroatoms. The zero-order chi connectivity index (χ0) is 33.7. The van der Waals surface area contributed by atoms with Crippen molar-refractivity contribution in [3.05, 3.63) is 59.6 Å². The molecule has 0 unspecified atom stereocenters. The van der Waals surface area contributed by atoms with E-state index in [-0.39, 0.29) is 5.02 Å². The number of azo groups is 2. The lowest BCUT2D eigenvalue weighted by atomic mass is 10.1. The Morgan fingerprint density at radius 2 is 1.07 bits per heavy atom. The van der Waals surface area contributed by atoms with E-state index in [0.717, 1.165) is 30.3 Å². The number of fused-ring (bicyclic) bond motifs is 1. The van der Waals surface area contributed by atoms with Crippen LogP contribution in [-0.4, -0.2) is 55.7 Å². The molecule has 238 valence electrons. The first kappa shape index (κ1) is 34.2. The zero-order valence-corrected chi connectivity index (χ0v) is 25.8. The predicted molar refractivity (Wildman–Crippen MR) is 157 cm³/mol. The highest BCUT2D eigenvalue weighted by Crippen LogP contribution is 2.50. The van der Waals surface area contributed by atoms with Crippen molar-refractivity contribution in [3.63, 3.8) is 0 Å². The predicted octanol–water partition coefficient (Wildman–Crippen LogP) is 3.83. The molecule has 0 aliphatic carbocycles. The van der Waals surface area contributed by atoms with Gasteiger partial charge in [0, 0.05) is 5.02 Å². The molecular weight excluding hydrogens is 706 g/mol. The van der Waals surface area contributed by atoms with Gasteiger partial charge in [-0.05, 0) is 47.9 Å². The van der Waals surface area contributed by atoms with E-state index < -0.39 is 101 Å². The van der Waals surface area contributed by atoms with Gasteiger partial charge in [0.25, 0.3) is 20.2 Å². The molecule has 0 amide bonds. The monoisotopic (exact) mass is 722 g/mol. The molecule has 0 radical (unpaired) electrons. The summed E-state index contributed by atoms with van der Waals surface area (Å²) in [6.45, 7) is 0. The number of hydrogen-bond acceptors (Lipinski definition) is 12. The van der Waals surface area contributed by atoms with Gasteiger partial charge in [-0.25, -0.2) is 0 Å². The number of nitrogens with zero attached hydrogens (tertiary/aromatic N) is 4. The van der Waals surface area contributed by atoms with Gasteiger partial charge in [0.1, 0.15) is 32.5 Å². The smallest absolute Gasteiger partial charge is 0.358 e. The Bertz CT molecular complexity index is 2270. The van der Waals surface area contributed by atoms with Crippen LogP contribution in [0.2, 0.25) is 5.02 Å². The molecule has 4 aromatic rings. The fourth-order valence-electron chi connectivity index (χ4n) is 3.86. The summed E-state index contributed by atoms with van der Waals surface area (Å²) in [6.07, 6.45) is 0. The molecule has 0 aromatic heterocycles. The molecule has 18 nitrogen and oxygen atoms in total. The van der Waals surface area contributed by atoms with E-state index in [0.29, 0.717) is 12.1 Å². The zero-order valence-electron chi connectivity index (χ0n) is 21.6. The van der Waals surface area contributed by atoms with Crippen molar-refractivity contribution < 1.29 is 64.9 Å². The molecule has 0 aliphatic rings. The number of phenols is 2. The number of halogens is 1. The molecular formula is C22H17ClN4O14P2S2. The first-order chi connectivity index (χ1) is 20.6. The second-order valence-corrected chi connectivity index (χ2v) is 15.2. The lowest BCUT2D eigenvalue weighted by Gasteiger charge is -2.13. The summed E-state index contributed by atoms with van der Waals surface area (Å²) in [4.78, 5) is 35.9. The minimum absolute atomic E-state index is 0.121. The molecule has 0 heterocycles. The minimum atomic E-state index is -5.33. The number of hydrogen-bond donors (Lipinski definition) is 8. The van der Waals surface area contributed by atoms with Gasteiger partial charge in [0.2, 0.25) is 0 Å². The Labute approximate surface area is 256 Å². The number of aromatic hydroxyl groups is 2. The van der Waals surface area contributed by atoms with E-state index in [2.05, 4.69) is 20.5 Å². The summed E-state index contributed by atoms with van der Waals surface area (Å²) >= 11 is 5.78. The third-order valence-electron chi connectivity index (χ3n) is 5.77. The van der Waals surface area contributed by atoms with Crippen LogP contribution in [0, 0.1) is 0 Å². The number of phenolic OH excluding ortho intramolecular Hbond substituents is 2. The highest BCUT2D eigenvalue weighted by atomic mass is 35.5. The van der Waals surface area contributed by atoms with E-state index in [1.54, 1.807) is 0 Å². The second kappa shape index (κ2) is 11.9. The molecule has 8 N–H and O–H groups in total. The van der Waals surface area contributed by atoms with E-state index in [9.17, 15) is 64.9 Å². The highest BCUT2D eigenvalue weighted by Gasteiger charge is 2.30. The van der Waals surface area contributed by atoms with Crippen molar-refractivity contribution >= 4 is 91.2 Å². The van der Waals surface area contributed by atoms with E-state index >= 15 is 0 Å². The average Bonchev–Trinajstić information content (AvgIpc) is 2.90. The topological polar surface area (TPSA) is 314 Å². The Morgan fingerprint density at radius 3 is 1.51 bits per heavy atom. The Hall–Kier alpha value is -3.65. The maximum absolute atomic E-state index is 12.2. The fourth-order valence-corrected chi connectivity index (χ4v) is 6.85. The van der Waals surface area contributed by atoms with Crippen molar-refractivity contribution in [3.8, 4) is 11.5 Å². The molecule has 45 heavy (non-hydrogen) atoms. The minimum Gasteiger partial charge on any atom is -0.505 e. The van der Waals surface area contributed by atoms with Gasteiger partial charge in [-0.2, -0.15) is 16.8 Å². The van der Waals surface area contributed by atoms with Crippen LogP contribution in [0.4, 0.5) is 22.7 Å². The maximum Gasteiger partial charge on any atom is 0.358 e. The Morgan fingerprint density at radius 1 is 0.622 bits per heavy atom. The molecule has 0 saturated carbocycles. The summed E-state index contributed by atoms with van der Waals surface area (Å²) in [6, 6.07) is 8.59. The average molecular weight is 723 g/mol. The third kappa shape index (κ3) is 7.27. The molecule has 0 aliphatic heterocycles. The SMILES string of the molecule is O=P(O)(O)c1ccccc1N=Nc1c(S(=O)(=O)O)cc2cc(S(=O)(=O)O)c(N=Nc3ccc(Cl)cc3P(=O)(O)O)c(O)c2c1O. The van der Waals surface area contributed by atoms with E-state index in [1.807, 2.05) is 0 Å². The molecule has 0 atom stereocenters. The van der Waals surface area contributed by atoms with Crippen molar-refractivity contribution in [1.29, 1.82) is 0 Å². The van der Waals surface area contributed by atoms with E-state index in [4.69, 9.17) is 11.6 Å². The quantitative estimate of drug-likeness (QED) is 0.0728. The normalized spacial score (nSPS) is 13.3. The lowest BCUT2D eigenvalue weighted by molar-refractivity contribution is 0.385. The third-order valence-corrected chi connectivity index (χ3v) is 9.73. The largest absolute Gasteiger partial charge is 0.505 e. The Kier molecular flexibility index (Phi) is 9.08. The summed E-state index contributed by atoms with van der Waals surface area (Å²) in [5.41, 5.74) is -3.25. The van der Waals surface area contributed by atoms with Gasteiger partial charge in [-0.3, -0.25) is 18.2 Å². The maximum atomic E-state index is 12.2. The van der Waals surface area contributed by atoms with Crippen molar-refractivity contribution in [2.24, 2.45) is 20.5 Å².